The Labute approximate surface area is 163 Å². The van der Waals surface area contributed by atoms with E-state index < -0.39 is 0 Å². The number of anilines is 3. The van der Waals surface area contributed by atoms with E-state index in [2.05, 4.69) is 55.7 Å². The van der Waals surface area contributed by atoms with Crippen LogP contribution in [0.5, 0.6) is 0 Å². The molecule has 1 atom stereocenters. The molecule has 28 heavy (non-hydrogen) atoms. The van der Waals surface area contributed by atoms with Gasteiger partial charge in [0.25, 0.3) is 0 Å². The van der Waals surface area contributed by atoms with E-state index in [1.165, 1.54) is 12.1 Å². The molecule has 1 aliphatic heterocycles. The summed E-state index contributed by atoms with van der Waals surface area (Å²) in [5.41, 5.74) is 4.54. The predicted octanol–water partition coefficient (Wildman–Crippen LogP) is 6.14. The number of aromatic nitrogens is 1. The van der Waals surface area contributed by atoms with Gasteiger partial charge in [-0.05, 0) is 57.5 Å². The first-order chi connectivity index (χ1) is 13.5. The van der Waals surface area contributed by atoms with Crippen molar-refractivity contribution in [1.29, 1.82) is 0 Å². The van der Waals surface area contributed by atoms with Crippen LogP contribution in [-0.4, -0.2) is 17.2 Å². The Kier molecular flexibility index (Phi) is 3.63. The zero-order valence-corrected chi connectivity index (χ0v) is 16.4. The fraction of sp³-hybridized carbons (Fsp3) is 0.261. The molecule has 0 N–H and O–H groups in total. The summed E-state index contributed by atoms with van der Waals surface area (Å²) in [5, 5.41) is 1.91. The van der Waals surface area contributed by atoms with Gasteiger partial charge in [-0.15, -0.1) is 0 Å². The molecule has 5 rings (SSSR count). The van der Waals surface area contributed by atoms with E-state index in [4.69, 9.17) is 9.40 Å². The van der Waals surface area contributed by atoms with Crippen LogP contribution in [0.25, 0.3) is 21.9 Å². The van der Waals surface area contributed by atoms with E-state index in [0.717, 1.165) is 39.1 Å². The number of rotatable bonds is 2. The molecule has 0 unspecified atom stereocenters. The quantitative estimate of drug-likeness (QED) is 0.421. The maximum absolute atomic E-state index is 13.8. The Balaban J connectivity index is 1.82. The van der Waals surface area contributed by atoms with Crippen molar-refractivity contribution < 1.29 is 8.81 Å². The third kappa shape index (κ3) is 2.25. The second-order valence-electron chi connectivity index (χ2n) is 7.70. The summed E-state index contributed by atoms with van der Waals surface area (Å²) in [6.45, 7) is 8.64. The van der Waals surface area contributed by atoms with Crippen molar-refractivity contribution in [2.45, 2.75) is 39.9 Å². The number of fused-ring (bicyclic) bond motifs is 4. The minimum Gasteiger partial charge on any atom is -0.454 e. The largest absolute Gasteiger partial charge is 0.454 e. The second kappa shape index (κ2) is 5.96. The summed E-state index contributed by atoms with van der Waals surface area (Å²) in [7, 11) is 0. The van der Waals surface area contributed by atoms with Crippen LogP contribution in [-0.2, 0) is 0 Å². The first-order valence-electron chi connectivity index (χ1n) is 9.61. The predicted molar refractivity (Wildman–Crippen MR) is 112 cm³/mol. The molecule has 0 spiro atoms. The van der Waals surface area contributed by atoms with Crippen LogP contribution in [0, 0.1) is 12.7 Å². The van der Waals surface area contributed by atoms with Crippen molar-refractivity contribution in [2.24, 2.45) is 0 Å². The number of hydrogen-bond donors (Lipinski definition) is 0. The molecular formula is C23H22FN3O. The zero-order valence-electron chi connectivity index (χ0n) is 16.4. The molecule has 3 heterocycles. The summed E-state index contributed by atoms with van der Waals surface area (Å²) in [6, 6.07) is 13.3. The molecule has 0 saturated carbocycles. The van der Waals surface area contributed by atoms with Gasteiger partial charge in [0.05, 0.1) is 11.4 Å². The lowest BCUT2D eigenvalue weighted by Crippen LogP contribution is -2.42. The van der Waals surface area contributed by atoms with Gasteiger partial charge in [-0.25, -0.2) is 9.37 Å². The molecule has 2 aromatic carbocycles. The van der Waals surface area contributed by atoms with Crippen molar-refractivity contribution in [3.05, 3.63) is 60.0 Å². The lowest BCUT2D eigenvalue weighted by atomic mass is 10.1. The highest BCUT2D eigenvalue weighted by Crippen LogP contribution is 2.47. The zero-order chi connectivity index (χ0) is 19.6. The SMILES string of the molecule is Cc1ccc2c(oc3cc(F)ccc32)c1N1c2ncccc2N(C(C)C)[C@@H]1C. The highest BCUT2D eigenvalue weighted by molar-refractivity contribution is 6.10. The van der Waals surface area contributed by atoms with Crippen LogP contribution >= 0.6 is 0 Å². The Morgan fingerprint density at radius 2 is 1.89 bits per heavy atom. The lowest BCUT2D eigenvalue weighted by molar-refractivity contribution is 0.600. The fourth-order valence-corrected chi connectivity index (χ4v) is 4.48. The van der Waals surface area contributed by atoms with Gasteiger partial charge in [-0.2, -0.15) is 0 Å². The van der Waals surface area contributed by atoms with Crippen molar-refractivity contribution >= 4 is 39.1 Å². The first kappa shape index (κ1) is 17.0. The minimum atomic E-state index is -0.294. The number of halogens is 1. The number of benzene rings is 2. The van der Waals surface area contributed by atoms with Crippen LogP contribution in [0.4, 0.5) is 21.6 Å². The molecule has 0 bridgehead atoms. The van der Waals surface area contributed by atoms with Gasteiger partial charge in [0, 0.05) is 29.1 Å². The molecule has 142 valence electrons. The van der Waals surface area contributed by atoms with Crippen molar-refractivity contribution in [3.63, 3.8) is 0 Å². The van der Waals surface area contributed by atoms with Crippen LogP contribution in [0.2, 0.25) is 0 Å². The summed E-state index contributed by atoms with van der Waals surface area (Å²) in [6.07, 6.45) is 1.91. The molecule has 0 saturated heterocycles. The van der Waals surface area contributed by atoms with Gasteiger partial charge >= 0.3 is 0 Å². The van der Waals surface area contributed by atoms with E-state index in [1.54, 1.807) is 6.07 Å². The third-order valence-electron chi connectivity index (χ3n) is 5.62. The molecule has 5 heteroatoms. The molecule has 2 aromatic heterocycles. The maximum atomic E-state index is 13.8. The average Bonchev–Trinajstić information content (AvgIpc) is 3.16. The van der Waals surface area contributed by atoms with E-state index in [0.29, 0.717) is 11.6 Å². The molecule has 0 fully saturated rings. The first-order valence-corrected chi connectivity index (χ1v) is 9.61. The van der Waals surface area contributed by atoms with E-state index >= 15 is 0 Å². The molecule has 0 amide bonds. The van der Waals surface area contributed by atoms with Crippen molar-refractivity contribution in [2.75, 3.05) is 9.80 Å². The van der Waals surface area contributed by atoms with E-state index in [9.17, 15) is 4.39 Å². The highest BCUT2D eigenvalue weighted by atomic mass is 19.1. The average molecular weight is 375 g/mol. The third-order valence-corrected chi connectivity index (χ3v) is 5.62. The number of furan rings is 1. The monoisotopic (exact) mass is 375 g/mol. The second-order valence-corrected chi connectivity index (χ2v) is 7.70. The van der Waals surface area contributed by atoms with Gasteiger partial charge in [-0.1, -0.05) is 12.1 Å². The van der Waals surface area contributed by atoms with Gasteiger partial charge in [0.2, 0.25) is 0 Å². The van der Waals surface area contributed by atoms with Crippen LogP contribution < -0.4 is 9.80 Å². The Hall–Kier alpha value is -3.08. The summed E-state index contributed by atoms with van der Waals surface area (Å²) in [4.78, 5) is 9.30. The molecule has 4 aromatic rings. The highest BCUT2D eigenvalue weighted by Gasteiger charge is 2.38. The Morgan fingerprint density at radius 1 is 1.11 bits per heavy atom. The maximum Gasteiger partial charge on any atom is 0.159 e. The fourth-order valence-electron chi connectivity index (χ4n) is 4.48. The molecule has 0 aliphatic carbocycles. The standard InChI is InChI=1S/C23H22FN3O/c1-13(2)26-15(4)27(23-19(26)6-5-11-25-23)21-14(3)7-9-18-17-10-8-16(24)12-20(17)28-22(18)21/h5-13,15H,1-4H3/t15-/m0/s1. The normalized spacial score (nSPS) is 16.6. The topological polar surface area (TPSA) is 32.5 Å². The van der Waals surface area contributed by atoms with Crippen LogP contribution in [0.1, 0.15) is 26.3 Å². The molecule has 4 nitrogen and oxygen atoms in total. The van der Waals surface area contributed by atoms with Gasteiger partial charge in [0.15, 0.2) is 11.4 Å². The summed E-state index contributed by atoms with van der Waals surface area (Å²) >= 11 is 0. The Morgan fingerprint density at radius 3 is 2.68 bits per heavy atom. The van der Waals surface area contributed by atoms with Gasteiger partial charge in [-0.3, -0.25) is 0 Å². The smallest absolute Gasteiger partial charge is 0.159 e. The van der Waals surface area contributed by atoms with Crippen molar-refractivity contribution in [3.8, 4) is 0 Å². The number of nitrogens with zero attached hydrogens (tertiary/aromatic N) is 3. The Bertz CT molecular complexity index is 1210. The number of aryl methyl sites for hydroxylation is 1. The van der Waals surface area contributed by atoms with Crippen LogP contribution in [0.15, 0.2) is 53.1 Å². The number of hydrogen-bond acceptors (Lipinski definition) is 4. The molecule has 1 aliphatic rings. The summed E-state index contributed by atoms with van der Waals surface area (Å²) in [5.74, 6) is 0.628. The molecular weight excluding hydrogens is 353 g/mol. The minimum absolute atomic E-state index is 0.0825. The van der Waals surface area contributed by atoms with E-state index in [-0.39, 0.29) is 12.0 Å². The van der Waals surface area contributed by atoms with Gasteiger partial charge < -0.3 is 14.2 Å². The van der Waals surface area contributed by atoms with Crippen LogP contribution in [0.3, 0.4) is 0 Å². The molecule has 0 radical (unpaired) electrons. The van der Waals surface area contributed by atoms with Gasteiger partial charge in [0.1, 0.15) is 17.6 Å². The summed E-state index contributed by atoms with van der Waals surface area (Å²) < 4.78 is 19.9. The number of pyridine rings is 1. The van der Waals surface area contributed by atoms with E-state index in [1.807, 2.05) is 12.3 Å². The van der Waals surface area contributed by atoms with Crippen molar-refractivity contribution in [1.82, 2.24) is 4.98 Å². The lowest BCUT2D eigenvalue weighted by Gasteiger charge is -2.33.